The Labute approximate surface area is 99.0 Å². The summed E-state index contributed by atoms with van der Waals surface area (Å²) in [5.74, 6) is -0.733. The molecular formula is C12H14O5. The lowest BCUT2D eigenvalue weighted by molar-refractivity contribution is -0.132. The van der Waals surface area contributed by atoms with Gasteiger partial charge in [-0.3, -0.25) is 9.59 Å². The largest absolute Gasteiger partial charge is 0.507 e. The molecule has 0 aliphatic heterocycles. The minimum atomic E-state index is -0.512. The monoisotopic (exact) mass is 238 g/mol. The van der Waals surface area contributed by atoms with Crippen molar-refractivity contribution in [3.05, 3.63) is 17.7 Å². The summed E-state index contributed by atoms with van der Waals surface area (Å²) in [6.07, 6.45) is 0.495. The second-order valence-electron chi connectivity index (χ2n) is 3.46. The van der Waals surface area contributed by atoms with Crippen LogP contribution in [-0.4, -0.2) is 17.0 Å². The maximum atomic E-state index is 10.9. The minimum absolute atomic E-state index is 0.0671. The lowest BCUT2D eigenvalue weighted by atomic mass is 10.1. The maximum absolute atomic E-state index is 10.9. The smallest absolute Gasteiger partial charge is 0.308 e. The summed E-state index contributed by atoms with van der Waals surface area (Å²) in [5, 5.41) is 9.72. The Balaban J connectivity index is 3.18. The number of phenols is 1. The molecule has 5 heteroatoms. The van der Waals surface area contributed by atoms with Crippen LogP contribution in [0.1, 0.15) is 26.3 Å². The first kappa shape index (κ1) is 13.0. The minimum Gasteiger partial charge on any atom is -0.507 e. The summed E-state index contributed by atoms with van der Waals surface area (Å²) in [6.45, 7) is 4.32. The molecule has 0 spiro atoms. The summed E-state index contributed by atoms with van der Waals surface area (Å²) < 4.78 is 9.78. The number of rotatable bonds is 3. The van der Waals surface area contributed by atoms with Crippen molar-refractivity contribution in [2.75, 3.05) is 0 Å². The molecule has 0 aliphatic carbocycles. The van der Waals surface area contributed by atoms with Crippen LogP contribution in [0.5, 0.6) is 17.2 Å². The van der Waals surface area contributed by atoms with E-state index in [1.165, 1.54) is 26.0 Å². The van der Waals surface area contributed by atoms with E-state index in [-0.39, 0.29) is 17.2 Å². The third-order valence-electron chi connectivity index (χ3n) is 2.03. The molecule has 0 atom stereocenters. The average molecular weight is 238 g/mol. The predicted octanol–water partition coefficient (Wildman–Crippen LogP) is 1.81. The van der Waals surface area contributed by atoms with Gasteiger partial charge in [-0.15, -0.1) is 0 Å². The fraction of sp³-hybridized carbons (Fsp3) is 0.333. The number of benzene rings is 1. The molecule has 0 aliphatic rings. The van der Waals surface area contributed by atoms with E-state index < -0.39 is 11.9 Å². The molecule has 17 heavy (non-hydrogen) atoms. The standard InChI is InChI=1S/C12H14O5/c1-4-10-11(15)5-9(16-7(2)13)6-12(10)17-8(3)14/h5-6,15H,4H2,1-3H3. The van der Waals surface area contributed by atoms with E-state index in [0.717, 1.165) is 0 Å². The number of aromatic hydroxyl groups is 1. The number of carbonyl (C=O) groups is 2. The van der Waals surface area contributed by atoms with Crippen LogP contribution in [0.2, 0.25) is 0 Å². The lowest BCUT2D eigenvalue weighted by Crippen LogP contribution is -2.06. The Hall–Kier alpha value is -2.04. The van der Waals surface area contributed by atoms with E-state index in [1.807, 2.05) is 6.92 Å². The third-order valence-corrected chi connectivity index (χ3v) is 2.03. The molecule has 0 radical (unpaired) electrons. The van der Waals surface area contributed by atoms with Gasteiger partial charge < -0.3 is 14.6 Å². The molecule has 0 aromatic heterocycles. The molecule has 1 aromatic carbocycles. The molecule has 0 unspecified atom stereocenters. The molecule has 0 heterocycles. The molecule has 0 saturated carbocycles. The Morgan fingerprint density at radius 3 is 2.24 bits per heavy atom. The molecule has 92 valence electrons. The fourth-order valence-electron chi connectivity index (χ4n) is 1.43. The number of carbonyl (C=O) groups excluding carboxylic acids is 2. The van der Waals surface area contributed by atoms with Crippen molar-refractivity contribution in [1.29, 1.82) is 0 Å². The highest BCUT2D eigenvalue weighted by Gasteiger charge is 2.13. The van der Waals surface area contributed by atoms with Crippen LogP contribution >= 0.6 is 0 Å². The Morgan fingerprint density at radius 2 is 1.76 bits per heavy atom. The topological polar surface area (TPSA) is 72.8 Å². The molecule has 1 N–H and O–H groups in total. The third kappa shape index (κ3) is 3.48. The van der Waals surface area contributed by atoms with Gasteiger partial charge in [0.1, 0.15) is 17.2 Å². The van der Waals surface area contributed by atoms with Crippen molar-refractivity contribution in [1.82, 2.24) is 0 Å². The van der Waals surface area contributed by atoms with Crippen LogP contribution in [0, 0.1) is 0 Å². The summed E-state index contributed by atoms with van der Waals surface area (Å²) in [7, 11) is 0. The zero-order chi connectivity index (χ0) is 13.0. The molecule has 0 amide bonds. The number of hydrogen-bond donors (Lipinski definition) is 1. The first-order valence-electron chi connectivity index (χ1n) is 5.16. The van der Waals surface area contributed by atoms with Crippen LogP contribution in [-0.2, 0) is 16.0 Å². The molecule has 5 nitrogen and oxygen atoms in total. The van der Waals surface area contributed by atoms with E-state index in [0.29, 0.717) is 12.0 Å². The zero-order valence-corrected chi connectivity index (χ0v) is 9.94. The highest BCUT2D eigenvalue weighted by Crippen LogP contribution is 2.34. The van der Waals surface area contributed by atoms with Gasteiger partial charge in [-0.2, -0.15) is 0 Å². The first-order valence-corrected chi connectivity index (χ1v) is 5.16. The zero-order valence-electron chi connectivity index (χ0n) is 9.94. The molecule has 1 rings (SSSR count). The van der Waals surface area contributed by atoms with Gasteiger partial charge in [0.2, 0.25) is 0 Å². The van der Waals surface area contributed by atoms with Crippen LogP contribution in [0.15, 0.2) is 12.1 Å². The fourth-order valence-corrected chi connectivity index (χ4v) is 1.43. The van der Waals surface area contributed by atoms with Crippen molar-refractivity contribution in [3.63, 3.8) is 0 Å². The number of phenolic OH excluding ortho intramolecular Hbond substituents is 1. The average Bonchev–Trinajstić information content (AvgIpc) is 2.14. The van der Waals surface area contributed by atoms with Crippen molar-refractivity contribution < 1.29 is 24.2 Å². The van der Waals surface area contributed by atoms with Crippen molar-refractivity contribution in [2.45, 2.75) is 27.2 Å². The van der Waals surface area contributed by atoms with Crippen molar-refractivity contribution in [3.8, 4) is 17.2 Å². The second-order valence-corrected chi connectivity index (χ2v) is 3.46. The van der Waals surface area contributed by atoms with Gasteiger partial charge in [-0.1, -0.05) is 6.92 Å². The lowest BCUT2D eigenvalue weighted by Gasteiger charge is -2.11. The van der Waals surface area contributed by atoms with E-state index in [1.54, 1.807) is 0 Å². The predicted molar refractivity (Wildman–Crippen MR) is 60.1 cm³/mol. The molecule has 0 saturated heterocycles. The molecule has 0 bridgehead atoms. The van der Waals surface area contributed by atoms with Crippen molar-refractivity contribution >= 4 is 11.9 Å². The van der Waals surface area contributed by atoms with Crippen molar-refractivity contribution in [2.24, 2.45) is 0 Å². The molecule has 0 fully saturated rings. The highest BCUT2D eigenvalue weighted by molar-refractivity contribution is 5.72. The summed E-state index contributed by atoms with van der Waals surface area (Å²) in [4.78, 5) is 21.7. The number of hydrogen-bond acceptors (Lipinski definition) is 5. The van der Waals surface area contributed by atoms with Gasteiger partial charge in [0.25, 0.3) is 0 Å². The van der Waals surface area contributed by atoms with E-state index in [4.69, 9.17) is 9.47 Å². The summed E-state index contributed by atoms with van der Waals surface area (Å²) in [6, 6.07) is 2.72. The van der Waals surface area contributed by atoms with E-state index >= 15 is 0 Å². The second kappa shape index (κ2) is 5.34. The quantitative estimate of drug-likeness (QED) is 0.642. The van der Waals surface area contributed by atoms with Crippen LogP contribution in [0.25, 0.3) is 0 Å². The van der Waals surface area contributed by atoms with Crippen LogP contribution in [0.3, 0.4) is 0 Å². The van der Waals surface area contributed by atoms with Gasteiger partial charge in [0, 0.05) is 31.5 Å². The number of ether oxygens (including phenoxy) is 2. The Morgan fingerprint density at radius 1 is 1.18 bits per heavy atom. The highest BCUT2D eigenvalue weighted by atomic mass is 16.5. The van der Waals surface area contributed by atoms with Gasteiger partial charge in [0.05, 0.1) is 0 Å². The van der Waals surface area contributed by atoms with Gasteiger partial charge in [0.15, 0.2) is 0 Å². The van der Waals surface area contributed by atoms with E-state index in [9.17, 15) is 14.7 Å². The Bertz CT molecular complexity index is 450. The molecular weight excluding hydrogens is 224 g/mol. The summed E-state index contributed by atoms with van der Waals surface area (Å²) in [5.41, 5.74) is 0.496. The van der Waals surface area contributed by atoms with Crippen LogP contribution < -0.4 is 9.47 Å². The normalized spacial score (nSPS) is 9.82. The molecule has 1 aromatic rings. The first-order chi connectivity index (χ1) is 7.93. The van der Waals surface area contributed by atoms with Gasteiger partial charge in [-0.25, -0.2) is 0 Å². The Kier molecular flexibility index (Phi) is 4.09. The summed E-state index contributed by atoms with van der Waals surface area (Å²) >= 11 is 0. The maximum Gasteiger partial charge on any atom is 0.308 e. The SMILES string of the molecule is CCc1c(O)cc(OC(C)=O)cc1OC(C)=O. The van der Waals surface area contributed by atoms with Gasteiger partial charge >= 0.3 is 11.9 Å². The number of esters is 2. The van der Waals surface area contributed by atoms with Crippen LogP contribution in [0.4, 0.5) is 0 Å². The van der Waals surface area contributed by atoms with E-state index in [2.05, 4.69) is 0 Å². The van der Waals surface area contributed by atoms with Gasteiger partial charge in [-0.05, 0) is 6.42 Å².